The van der Waals surface area contributed by atoms with Gasteiger partial charge in [-0.3, -0.25) is 0 Å². The predicted octanol–water partition coefficient (Wildman–Crippen LogP) is 2.78. The standard InChI is InChI=1S/C12H14FN3OS/c1-3-14-7-9-4-5-11(10(13)6-9)18-12-16-15-8(2)17-12/h4-6,14H,3,7H2,1-2H3. The van der Waals surface area contributed by atoms with Crippen LogP contribution in [0.4, 0.5) is 4.39 Å². The second-order valence-electron chi connectivity index (χ2n) is 3.73. The molecule has 0 fully saturated rings. The first-order valence-corrected chi connectivity index (χ1v) is 6.47. The average Bonchev–Trinajstić information content (AvgIpc) is 2.75. The van der Waals surface area contributed by atoms with E-state index in [1.165, 1.54) is 6.07 Å². The van der Waals surface area contributed by atoms with Crippen molar-refractivity contribution in [2.75, 3.05) is 6.54 Å². The van der Waals surface area contributed by atoms with Gasteiger partial charge < -0.3 is 9.73 Å². The Morgan fingerprint density at radius 1 is 1.39 bits per heavy atom. The van der Waals surface area contributed by atoms with Crippen molar-refractivity contribution in [3.05, 3.63) is 35.5 Å². The van der Waals surface area contributed by atoms with Crippen molar-refractivity contribution in [3.63, 3.8) is 0 Å². The van der Waals surface area contributed by atoms with E-state index in [-0.39, 0.29) is 5.82 Å². The van der Waals surface area contributed by atoms with E-state index in [0.717, 1.165) is 23.9 Å². The fourth-order valence-corrected chi connectivity index (χ4v) is 2.14. The Kier molecular flexibility index (Phi) is 4.33. The lowest BCUT2D eigenvalue weighted by Crippen LogP contribution is -2.11. The first kappa shape index (κ1) is 13.0. The Hall–Kier alpha value is -1.40. The minimum atomic E-state index is -0.272. The monoisotopic (exact) mass is 267 g/mol. The second-order valence-corrected chi connectivity index (χ2v) is 4.73. The third-order valence-corrected chi connectivity index (χ3v) is 3.17. The highest BCUT2D eigenvalue weighted by atomic mass is 32.2. The smallest absolute Gasteiger partial charge is 0.281 e. The van der Waals surface area contributed by atoms with Gasteiger partial charge in [-0.1, -0.05) is 13.0 Å². The molecule has 2 rings (SSSR count). The lowest BCUT2D eigenvalue weighted by Gasteiger charge is -2.04. The zero-order chi connectivity index (χ0) is 13.0. The van der Waals surface area contributed by atoms with Gasteiger partial charge in [0.25, 0.3) is 5.22 Å². The van der Waals surface area contributed by atoms with Crippen LogP contribution in [0.1, 0.15) is 18.4 Å². The van der Waals surface area contributed by atoms with Gasteiger partial charge in [0, 0.05) is 13.5 Å². The van der Waals surface area contributed by atoms with Gasteiger partial charge in [-0.15, -0.1) is 10.2 Å². The third kappa shape index (κ3) is 3.30. The molecule has 0 aliphatic rings. The number of hydrogen-bond acceptors (Lipinski definition) is 5. The van der Waals surface area contributed by atoms with Gasteiger partial charge in [-0.2, -0.15) is 0 Å². The first-order chi connectivity index (χ1) is 8.69. The molecular formula is C12H14FN3OS. The van der Waals surface area contributed by atoms with Crippen molar-refractivity contribution in [2.45, 2.75) is 30.5 Å². The fraction of sp³-hybridized carbons (Fsp3) is 0.333. The van der Waals surface area contributed by atoms with E-state index in [4.69, 9.17) is 4.42 Å². The van der Waals surface area contributed by atoms with Gasteiger partial charge in [0.15, 0.2) is 0 Å². The van der Waals surface area contributed by atoms with Gasteiger partial charge >= 0.3 is 0 Å². The number of nitrogens with zero attached hydrogens (tertiary/aromatic N) is 2. The summed E-state index contributed by atoms with van der Waals surface area (Å²) in [5, 5.41) is 11.0. The summed E-state index contributed by atoms with van der Waals surface area (Å²) >= 11 is 1.13. The number of rotatable bonds is 5. The third-order valence-electron chi connectivity index (χ3n) is 2.28. The molecule has 1 heterocycles. The van der Waals surface area contributed by atoms with Crippen LogP contribution in [0.2, 0.25) is 0 Å². The predicted molar refractivity (Wildman–Crippen MR) is 66.9 cm³/mol. The molecule has 18 heavy (non-hydrogen) atoms. The highest BCUT2D eigenvalue weighted by Crippen LogP contribution is 2.29. The van der Waals surface area contributed by atoms with E-state index in [0.29, 0.717) is 22.6 Å². The maximum atomic E-state index is 13.8. The molecule has 0 radical (unpaired) electrons. The van der Waals surface area contributed by atoms with Crippen LogP contribution >= 0.6 is 11.8 Å². The molecule has 0 bridgehead atoms. The summed E-state index contributed by atoms with van der Waals surface area (Å²) in [7, 11) is 0. The van der Waals surface area contributed by atoms with Crippen LogP contribution in [0, 0.1) is 12.7 Å². The lowest BCUT2D eigenvalue weighted by atomic mass is 10.2. The molecule has 6 heteroatoms. The van der Waals surface area contributed by atoms with Gasteiger partial charge in [-0.05, 0) is 36.0 Å². The van der Waals surface area contributed by atoms with Crippen molar-refractivity contribution in [2.24, 2.45) is 0 Å². The van der Waals surface area contributed by atoms with Crippen LogP contribution in [0.5, 0.6) is 0 Å². The van der Waals surface area contributed by atoms with Crippen LogP contribution < -0.4 is 5.32 Å². The Morgan fingerprint density at radius 3 is 2.83 bits per heavy atom. The summed E-state index contributed by atoms with van der Waals surface area (Å²) < 4.78 is 19.0. The number of aromatic nitrogens is 2. The minimum Gasteiger partial charge on any atom is -0.416 e. The molecule has 96 valence electrons. The summed E-state index contributed by atoms with van der Waals surface area (Å²) in [5.41, 5.74) is 0.917. The van der Waals surface area contributed by atoms with Crippen molar-refractivity contribution in [1.29, 1.82) is 0 Å². The van der Waals surface area contributed by atoms with E-state index >= 15 is 0 Å². The van der Waals surface area contributed by atoms with Gasteiger partial charge in [0.2, 0.25) is 5.89 Å². The summed E-state index contributed by atoms with van der Waals surface area (Å²) in [6, 6.07) is 5.14. The van der Waals surface area contributed by atoms with Crippen LogP contribution in [-0.2, 0) is 6.54 Å². The Labute approximate surface area is 109 Å². The molecular weight excluding hydrogens is 253 g/mol. The summed E-state index contributed by atoms with van der Waals surface area (Å²) in [6.07, 6.45) is 0. The second kappa shape index (κ2) is 5.97. The maximum Gasteiger partial charge on any atom is 0.281 e. The SMILES string of the molecule is CCNCc1ccc(Sc2nnc(C)o2)c(F)c1. The van der Waals surface area contributed by atoms with E-state index in [2.05, 4.69) is 15.5 Å². The Balaban J connectivity index is 2.09. The molecule has 0 amide bonds. The van der Waals surface area contributed by atoms with Crippen molar-refractivity contribution in [3.8, 4) is 0 Å². The lowest BCUT2D eigenvalue weighted by molar-refractivity contribution is 0.429. The average molecular weight is 267 g/mol. The van der Waals surface area contributed by atoms with Crippen LogP contribution in [0.25, 0.3) is 0 Å². The molecule has 0 aliphatic heterocycles. The quantitative estimate of drug-likeness (QED) is 0.902. The van der Waals surface area contributed by atoms with Crippen molar-refractivity contribution >= 4 is 11.8 Å². The van der Waals surface area contributed by atoms with Crippen LogP contribution in [0.15, 0.2) is 32.7 Å². The highest BCUT2D eigenvalue weighted by molar-refractivity contribution is 7.99. The number of halogens is 1. The van der Waals surface area contributed by atoms with E-state index in [1.54, 1.807) is 13.0 Å². The first-order valence-electron chi connectivity index (χ1n) is 5.66. The Bertz CT molecular complexity index is 530. The topological polar surface area (TPSA) is 51.0 Å². The molecule has 0 spiro atoms. The normalized spacial score (nSPS) is 10.8. The van der Waals surface area contributed by atoms with E-state index < -0.39 is 0 Å². The van der Waals surface area contributed by atoms with Crippen molar-refractivity contribution < 1.29 is 8.81 Å². The molecule has 2 aromatic rings. The zero-order valence-electron chi connectivity index (χ0n) is 10.2. The summed E-state index contributed by atoms with van der Waals surface area (Å²) in [4.78, 5) is 0.485. The number of nitrogens with one attached hydrogen (secondary N) is 1. The van der Waals surface area contributed by atoms with Crippen LogP contribution in [-0.4, -0.2) is 16.7 Å². The van der Waals surface area contributed by atoms with Gasteiger partial charge in [0.05, 0.1) is 4.90 Å². The molecule has 0 saturated carbocycles. The molecule has 0 unspecified atom stereocenters. The molecule has 0 aliphatic carbocycles. The molecule has 1 aromatic carbocycles. The molecule has 1 N–H and O–H groups in total. The minimum absolute atomic E-state index is 0.272. The molecule has 0 atom stereocenters. The van der Waals surface area contributed by atoms with Gasteiger partial charge in [-0.25, -0.2) is 4.39 Å². The largest absolute Gasteiger partial charge is 0.416 e. The summed E-state index contributed by atoms with van der Waals surface area (Å²) in [5.74, 6) is 0.202. The molecule has 1 aromatic heterocycles. The fourth-order valence-electron chi connectivity index (χ4n) is 1.42. The van der Waals surface area contributed by atoms with Crippen LogP contribution in [0.3, 0.4) is 0 Å². The van der Waals surface area contributed by atoms with E-state index in [1.807, 2.05) is 13.0 Å². The number of aryl methyl sites for hydroxylation is 1. The van der Waals surface area contributed by atoms with Crippen molar-refractivity contribution in [1.82, 2.24) is 15.5 Å². The zero-order valence-corrected chi connectivity index (χ0v) is 11.1. The number of hydrogen-bond donors (Lipinski definition) is 1. The molecule has 4 nitrogen and oxygen atoms in total. The maximum absolute atomic E-state index is 13.8. The van der Waals surface area contributed by atoms with E-state index in [9.17, 15) is 4.39 Å². The highest BCUT2D eigenvalue weighted by Gasteiger charge is 2.10. The number of benzene rings is 1. The Morgan fingerprint density at radius 2 is 2.22 bits per heavy atom. The molecule has 0 saturated heterocycles. The summed E-state index contributed by atoms with van der Waals surface area (Å²) in [6.45, 7) is 5.24. The van der Waals surface area contributed by atoms with Gasteiger partial charge in [0.1, 0.15) is 5.82 Å².